The van der Waals surface area contributed by atoms with Crippen LogP contribution in [0.3, 0.4) is 0 Å². The first-order valence-corrected chi connectivity index (χ1v) is 33.8. The highest BCUT2D eigenvalue weighted by Gasteiger charge is 2.17. The molecule has 0 fully saturated rings. The summed E-state index contributed by atoms with van der Waals surface area (Å²) < 4.78 is 58.0. The number of carbonyl (C=O) groups excluding carboxylic acids is 2. The lowest BCUT2D eigenvalue weighted by molar-refractivity contribution is -0.149. The minimum absolute atomic E-state index is 0.150. The Labute approximate surface area is 534 Å². The fraction of sp³-hybridized carbons (Fsp3) is 0.909. The summed E-state index contributed by atoms with van der Waals surface area (Å²) in [6.07, 6.45) is 29.6. The maximum Gasteiger partial charge on any atom is 0.305 e. The van der Waals surface area contributed by atoms with E-state index in [9.17, 15) is 60.7 Å². The summed E-state index contributed by atoms with van der Waals surface area (Å²) in [6.45, 7) is 0.971. The van der Waals surface area contributed by atoms with Crippen LogP contribution in [0.25, 0.3) is 0 Å². The Morgan fingerprint density at radius 3 is 0.584 bits per heavy atom. The number of carbonyl (C=O) groups is 2. The summed E-state index contributed by atoms with van der Waals surface area (Å²) in [5.41, 5.74) is 0. The van der Waals surface area contributed by atoms with E-state index in [4.69, 9.17) is 52.1 Å². The summed E-state index contributed by atoms with van der Waals surface area (Å²) in [5, 5.41) is 101. The Kier molecular flexibility index (Phi) is 64.0. The summed E-state index contributed by atoms with van der Waals surface area (Å²) in [5.74, 6) is -0.736. The fourth-order valence-electron chi connectivity index (χ4n) is 8.74. The minimum atomic E-state index is -1.07. The number of hydrogen-bond donors (Lipinski definition) is 10. The Morgan fingerprint density at radius 2 is 0.393 bits per heavy atom. The average Bonchev–Trinajstić information content (AvgIpc) is 3.52. The van der Waals surface area contributed by atoms with Crippen LogP contribution in [-0.2, 0) is 61.7 Å². The number of unbranched alkanes of at least 4 members (excludes halogenated alkanes) is 22. The first-order chi connectivity index (χ1) is 43.1. The van der Waals surface area contributed by atoms with Gasteiger partial charge in [0.25, 0.3) is 0 Å². The zero-order valence-electron chi connectivity index (χ0n) is 54.8. The highest BCUT2D eigenvalue weighted by Crippen LogP contribution is 2.13. The molecule has 0 aromatic rings. The molecule has 0 aliphatic heterocycles. The van der Waals surface area contributed by atoms with Crippen LogP contribution in [0.15, 0.2) is 24.3 Å². The van der Waals surface area contributed by atoms with Gasteiger partial charge in [-0.25, -0.2) is 0 Å². The Balaban J connectivity index is 3.74. The highest BCUT2D eigenvalue weighted by molar-refractivity contribution is 5.69. The third-order valence-electron chi connectivity index (χ3n) is 13.7. The molecule has 0 radical (unpaired) electrons. The third kappa shape index (κ3) is 65.5. The van der Waals surface area contributed by atoms with E-state index in [1.165, 1.54) is 89.9 Å². The van der Waals surface area contributed by atoms with E-state index in [2.05, 4.69) is 38.2 Å². The van der Waals surface area contributed by atoms with Gasteiger partial charge in [-0.1, -0.05) is 141 Å². The van der Waals surface area contributed by atoms with Crippen molar-refractivity contribution in [2.45, 2.75) is 255 Å². The smallest absolute Gasteiger partial charge is 0.305 e. The Morgan fingerprint density at radius 1 is 0.236 bits per heavy atom. The summed E-state index contributed by atoms with van der Waals surface area (Å²) in [7, 11) is 0. The molecule has 528 valence electrons. The average molecular weight is 1290 g/mol. The summed E-state index contributed by atoms with van der Waals surface area (Å²) in [4.78, 5) is 24.1. The number of allylic oxidation sites excluding steroid dienone is 4. The molecule has 0 heterocycles. The topological polar surface area (TPSA) is 338 Å². The maximum atomic E-state index is 12.1. The van der Waals surface area contributed by atoms with E-state index in [-0.39, 0.29) is 144 Å². The van der Waals surface area contributed by atoms with Crippen LogP contribution in [-0.4, -0.2) is 256 Å². The second kappa shape index (κ2) is 65.7. The molecule has 23 nitrogen and oxygen atoms in total. The van der Waals surface area contributed by atoms with Gasteiger partial charge in [0.1, 0.15) is 74.3 Å². The number of aliphatic hydroxyl groups is 10. The van der Waals surface area contributed by atoms with E-state index in [1.54, 1.807) is 0 Å². The molecule has 0 aliphatic rings. The van der Waals surface area contributed by atoms with Crippen molar-refractivity contribution in [3.05, 3.63) is 24.3 Å². The number of aliphatic hydroxyl groups excluding tert-OH is 10. The molecule has 0 saturated carbocycles. The number of ether oxygens (including phenoxy) is 11. The fourth-order valence-corrected chi connectivity index (χ4v) is 8.74. The van der Waals surface area contributed by atoms with E-state index < -0.39 is 61.0 Å². The molecule has 10 atom stereocenters. The molecule has 0 rings (SSSR count). The third-order valence-corrected chi connectivity index (χ3v) is 13.7. The van der Waals surface area contributed by atoms with Crippen molar-refractivity contribution in [3.8, 4) is 0 Å². The van der Waals surface area contributed by atoms with Crippen molar-refractivity contribution in [3.63, 3.8) is 0 Å². The Bertz CT molecular complexity index is 1460. The molecule has 0 spiro atoms. The lowest BCUT2D eigenvalue weighted by Gasteiger charge is -2.18. The van der Waals surface area contributed by atoms with Gasteiger partial charge in [0, 0.05) is 12.8 Å². The van der Waals surface area contributed by atoms with E-state index in [0.717, 1.165) is 77.0 Å². The first-order valence-electron chi connectivity index (χ1n) is 33.8. The van der Waals surface area contributed by atoms with Gasteiger partial charge in [-0.3, -0.25) is 9.59 Å². The molecule has 0 saturated heterocycles. The van der Waals surface area contributed by atoms with Crippen molar-refractivity contribution in [1.29, 1.82) is 0 Å². The standard InChI is InChI=1S/C66H126O23/c1-3-5-7-9-11-13-15-17-19-21-23-25-27-29-31-33-65(77)88-53-63(75)51-86-49-61(73)47-84-45-59(71)43-82-41-57(69)39-80-37-55(67)35-79-36-56(68)38-81-40-58(70)42-83-44-60(72)46-85-48-62(74)50-87-52-64(76)54-89-66(78)34-32-30-28-26-24-22-20-18-16-14-12-10-8-6-4-2/h17-20,55-64,67-76H,3-16,21-54H2,1-2H3/b19-17-,20-18+. The summed E-state index contributed by atoms with van der Waals surface area (Å²) in [6, 6.07) is 0. The molecule has 23 heteroatoms. The predicted molar refractivity (Wildman–Crippen MR) is 338 cm³/mol. The van der Waals surface area contributed by atoms with Gasteiger partial charge < -0.3 is 103 Å². The van der Waals surface area contributed by atoms with Gasteiger partial charge in [-0.2, -0.15) is 0 Å². The molecule has 89 heavy (non-hydrogen) atoms. The van der Waals surface area contributed by atoms with E-state index >= 15 is 0 Å². The van der Waals surface area contributed by atoms with Crippen LogP contribution in [0.1, 0.15) is 194 Å². The molecule has 0 aliphatic carbocycles. The molecule has 10 N–H and O–H groups in total. The summed E-state index contributed by atoms with van der Waals surface area (Å²) >= 11 is 0. The maximum absolute atomic E-state index is 12.1. The number of hydrogen-bond acceptors (Lipinski definition) is 23. The van der Waals surface area contributed by atoms with Gasteiger partial charge in [0.2, 0.25) is 0 Å². The van der Waals surface area contributed by atoms with Gasteiger partial charge in [-0.15, -0.1) is 0 Å². The van der Waals surface area contributed by atoms with Crippen molar-refractivity contribution in [1.82, 2.24) is 0 Å². The van der Waals surface area contributed by atoms with E-state index in [1.807, 2.05) is 0 Å². The molecular weight excluding hydrogens is 1160 g/mol. The number of rotatable bonds is 70. The van der Waals surface area contributed by atoms with Crippen LogP contribution in [0.2, 0.25) is 0 Å². The van der Waals surface area contributed by atoms with E-state index in [0.29, 0.717) is 12.8 Å². The van der Waals surface area contributed by atoms with Crippen LogP contribution < -0.4 is 0 Å². The zero-order chi connectivity index (χ0) is 65.5. The van der Waals surface area contributed by atoms with Crippen molar-refractivity contribution >= 4 is 11.9 Å². The zero-order valence-corrected chi connectivity index (χ0v) is 54.8. The first kappa shape index (κ1) is 86.7. The van der Waals surface area contributed by atoms with Crippen LogP contribution in [0.4, 0.5) is 0 Å². The lowest BCUT2D eigenvalue weighted by atomic mass is 10.1. The highest BCUT2D eigenvalue weighted by atomic mass is 16.6. The number of esters is 2. The Hall–Kier alpha value is -2.34. The molecule has 0 amide bonds. The minimum Gasteiger partial charge on any atom is -0.463 e. The van der Waals surface area contributed by atoms with Crippen molar-refractivity contribution in [2.24, 2.45) is 0 Å². The van der Waals surface area contributed by atoms with Gasteiger partial charge in [0.15, 0.2) is 0 Å². The van der Waals surface area contributed by atoms with Gasteiger partial charge >= 0.3 is 11.9 Å². The van der Waals surface area contributed by atoms with Crippen molar-refractivity contribution < 1.29 is 113 Å². The second-order valence-corrected chi connectivity index (χ2v) is 23.4. The largest absolute Gasteiger partial charge is 0.463 e. The molecule has 0 aromatic carbocycles. The van der Waals surface area contributed by atoms with Crippen LogP contribution in [0, 0.1) is 0 Å². The monoisotopic (exact) mass is 1290 g/mol. The lowest BCUT2D eigenvalue weighted by Crippen LogP contribution is -2.32. The van der Waals surface area contributed by atoms with Crippen LogP contribution in [0.5, 0.6) is 0 Å². The van der Waals surface area contributed by atoms with Crippen molar-refractivity contribution in [2.75, 3.05) is 132 Å². The normalized spacial score (nSPS) is 15.5. The van der Waals surface area contributed by atoms with Gasteiger partial charge in [0.05, 0.1) is 119 Å². The predicted octanol–water partition coefficient (Wildman–Crippen LogP) is 5.91. The molecular formula is C66H126O23. The molecule has 0 aromatic heterocycles. The molecule has 0 bridgehead atoms. The molecule has 10 unspecified atom stereocenters. The quantitative estimate of drug-likeness (QED) is 0.0192. The second-order valence-electron chi connectivity index (χ2n) is 23.4. The van der Waals surface area contributed by atoms with Crippen LogP contribution >= 0.6 is 0 Å². The SMILES string of the molecule is CCCCCCCC/C=C\CCCCCCCC(=O)OCC(O)COCC(O)COCC(O)COCC(O)COCC(O)COCC(O)COCC(O)COCC(O)COCC(O)COCC(O)COC(=O)CCCCCCC/C=C/CCCCCCCC. The van der Waals surface area contributed by atoms with Gasteiger partial charge in [-0.05, 0) is 64.2 Å².